The minimum absolute atomic E-state index is 0.0125. The lowest BCUT2D eigenvalue weighted by Crippen LogP contribution is -2.47. The summed E-state index contributed by atoms with van der Waals surface area (Å²) in [5, 5.41) is 4.96. The fraction of sp³-hybridized carbons (Fsp3) is 0.417. The molecule has 0 N–H and O–H groups in total. The third-order valence-corrected chi connectivity index (χ3v) is 6.36. The van der Waals surface area contributed by atoms with Crippen LogP contribution in [0.2, 0.25) is 0 Å². The molecule has 2 aliphatic heterocycles. The maximum atomic E-state index is 13.5. The lowest BCUT2D eigenvalue weighted by atomic mass is 10.0. The number of morpholine rings is 1. The van der Waals surface area contributed by atoms with Crippen LogP contribution < -0.4 is 0 Å². The van der Waals surface area contributed by atoms with Gasteiger partial charge in [0.15, 0.2) is 0 Å². The highest BCUT2D eigenvalue weighted by atomic mass is 16.5. The van der Waals surface area contributed by atoms with Crippen LogP contribution in [0.1, 0.15) is 22.2 Å². The van der Waals surface area contributed by atoms with E-state index >= 15 is 0 Å². The van der Waals surface area contributed by atoms with Crippen molar-refractivity contribution >= 4 is 22.7 Å². The Balaban J connectivity index is 1.41. The third kappa shape index (κ3) is 4.60. The summed E-state index contributed by atoms with van der Waals surface area (Å²) in [6, 6.07) is 11.4. The fourth-order valence-corrected chi connectivity index (χ4v) is 4.40. The molecular weight excluding hydrogens is 420 g/mol. The predicted molar refractivity (Wildman–Crippen MR) is 123 cm³/mol. The maximum absolute atomic E-state index is 13.5. The van der Waals surface area contributed by atoms with Gasteiger partial charge in [0, 0.05) is 50.5 Å². The minimum Gasteiger partial charge on any atom is -0.368 e. The molecule has 5 rings (SSSR count). The molecule has 2 aliphatic rings. The molecule has 9 nitrogen and oxygen atoms in total. The summed E-state index contributed by atoms with van der Waals surface area (Å²) in [5.41, 5.74) is 2.09. The summed E-state index contributed by atoms with van der Waals surface area (Å²) in [6.45, 7) is 4.67. The molecule has 3 aromatic rings. The molecule has 1 aromatic carbocycles. The number of para-hydroxylation sites is 1. The predicted octanol–water partition coefficient (Wildman–Crippen LogP) is 1.42. The Morgan fingerprint density at radius 2 is 1.88 bits per heavy atom. The van der Waals surface area contributed by atoms with E-state index in [1.165, 1.54) is 0 Å². The molecular formula is C24H28N6O3. The number of ether oxygens (including phenoxy) is 1. The first kappa shape index (κ1) is 21.5. The molecule has 2 aromatic heterocycles. The number of amides is 2. The van der Waals surface area contributed by atoms with Crippen molar-refractivity contribution in [3.63, 3.8) is 0 Å². The normalized spacial score (nSPS) is 19.7. The summed E-state index contributed by atoms with van der Waals surface area (Å²) in [7, 11) is 2.07. The van der Waals surface area contributed by atoms with Crippen LogP contribution in [-0.2, 0) is 16.1 Å². The summed E-state index contributed by atoms with van der Waals surface area (Å²) in [5.74, 6) is 0.00639. The van der Waals surface area contributed by atoms with Gasteiger partial charge in [0.25, 0.3) is 5.91 Å². The highest BCUT2D eigenvalue weighted by Crippen LogP contribution is 2.27. The number of nitrogens with zero attached hydrogens (tertiary/aromatic N) is 6. The van der Waals surface area contributed by atoms with Crippen LogP contribution >= 0.6 is 0 Å². The molecule has 4 heterocycles. The van der Waals surface area contributed by atoms with Crippen LogP contribution in [0.3, 0.4) is 0 Å². The summed E-state index contributed by atoms with van der Waals surface area (Å²) < 4.78 is 7.63. The average molecular weight is 449 g/mol. The molecule has 33 heavy (non-hydrogen) atoms. The van der Waals surface area contributed by atoms with Crippen LogP contribution in [-0.4, -0.2) is 94.2 Å². The SMILES string of the molecule is CN1CCN(C(=O)c2cc([C@@H]3CN(C(=O)Cn4cccn4)CCO3)nc3ccccc23)CC1. The van der Waals surface area contributed by atoms with Gasteiger partial charge >= 0.3 is 0 Å². The second kappa shape index (κ2) is 9.29. The Hall–Kier alpha value is -3.30. The molecule has 0 bridgehead atoms. The van der Waals surface area contributed by atoms with E-state index in [-0.39, 0.29) is 24.5 Å². The zero-order valence-corrected chi connectivity index (χ0v) is 18.8. The van der Waals surface area contributed by atoms with Crippen LogP contribution in [0.5, 0.6) is 0 Å². The first-order valence-electron chi connectivity index (χ1n) is 11.3. The minimum atomic E-state index is -0.385. The average Bonchev–Trinajstić information content (AvgIpc) is 3.36. The van der Waals surface area contributed by atoms with Gasteiger partial charge in [-0.3, -0.25) is 14.3 Å². The van der Waals surface area contributed by atoms with E-state index in [0.29, 0.717) is 44.0 Å². The molecule has 0 saturated carbocycles. The number of piperazine rings is 1. The van der Waals surface area contributed by atoms with E-state index in [0.717, 1.165) is 24.0 Å². The lowest BCUT2D eigenvalue weighted by molar-refractivity contribution is -0.140. The van der Waals surface area contributed by atoms with Crippen LogP contribution in [0.15, 0.2) is 48.8 Å². The number of carbonyl (C=O) groups excluding carboxylic acids is 2. The van der Waals surface area contributed by atoms with E-state index < -0.39 is 0 Å². The zero-order valence-electron chi connectivity index (χ0n) is 18.8. The Morgan fingerprint density at radius 3 is 2.67 bits per heavy atom. The number of benzene rings is 1. The quantitative estimate of drug-likeness (QED) is 0.600. The number of rotatable bonds is 4. The van der Waals surface area contributed by atoms with Crippen LogP contribution in [0.4, 0.5) is 0 Å². The molecule has 172 valence electrons. The molecule has 0 aliphatic carbocycles. The standard InChI is InChI=1S/C24H28N6O3/c1-27-9-11-28(12-10-27)24(32)19-15-21(26-20-6-3-2-5-18(19)20)22-16-29(13-14-33-22)23(31)17-30-8-4-7-25-30/h2-8,15,22H,9-14,16-17H2,1H3/t22-/m0/s1. The van der Waals surface area contributed by atoms with Gasteiger partial charge in [-0.25, -0.2) is 4.98 Å². The molecule has 2 fully saturated rings. The Labute approximate surface area is 192 Å². The van der Waals surface area contributed by atoms with Crippen molar-refractivity contribution in [3.8, 4) is 0 Å². The maximum Gasteiger partial charge on any atom is 0.254 e. The second-order valence-corrected chi connectivity index (χ2v) is 8.61. The smallest absolute Gasteiger partial charge is 0.254 e. The van der Waals surface area contributed by atoms with E-state index in [1.54, 1.807) is 28.0 Å². The van der Waals surface area contributed by atoms with Crippen LogP contribution in [0, 0.1) is 0 Å². The number of fused-ring (bicyclic) bond motifs is 1. The van der Waals surface area contributed by atoms with Crippen molar-refractivity contribution in [2.45, 2.75) is 12.6 Å². The van der Waals surface area contributed by atoms with E-state index in [4.69, 9.17) is 9.72 Å². The van der Waals surface area contributed by atoms with Gasteiger partial charge < -0.3 is 19.4 Å². The van der Waals surface area contributed by atoms with Gasteiger partial charge in [0.05, 0.1) is 29.9 Å². The Bertz CT molecular complexity index is 1140. The number of likely N-dealkylation sites (N-methyl/N-ethyl adjacent to an activating group) is 1. The van der Waals surface area contributed by atoms with E-state index in [9.17, 15) is 9.59 Å². The number of pyridine rings is 1. The highest BCUT2D eigenvalue weighted by Gasteiger charge is 2.29. The second-order valence-electron chi connectivity index (χ2n) is 8.61. The van der Waals surface area contributed by atoms with Crippen LogP contribution in [0.25, 0.3) is 10.9 Å². The van der Waals surface area contributed by atoms with Crippen molar-refractivity contribution in [2.24, 2.45) is 0 Å². The van der Waals surface area contributed by atoms with Crippen molar-refractivity contribution in [2.75, 3.05) is 52.9 Å². The van der Waals surface area contributed by atoms with Gasteiger partial charge in [0.1, 0.15) is 12.6 Å². The van der Waals surface area contributed by atoms with Gasteiger partial charge in [-0.2, -0.15) is 5.10 Å². The Kier molecular flexibility index (Phi) is 6.06. The fourth-order valence-electron chi connectivity index (χ4n) is 4.40. The number of hydrogen-bond donors (Lipinski definition) is 0. The zero-order chi connectivity index (χ0) is 22.8. The summed E-state index contributed by atoms with van der Waals surface area (Å²) in [6.07, 6.45) is 3.05. The van der Waals surface area contributed by atoms with Gasteiger partial charge in [-0.1, -0.05) is 18.2 Å². The number of hydrogen-bond acceptors (Lipinski definition) is 6. The first-order chi connectivity index (χ1) is 16.1. The van der Waals surface area contributed by atoms with Crippen molar-refractivity contribution < 1.29 is 14.3 Å². The molecule has 2 amide bonds. The number of carbonyl (C=O) groups is 2. The molecule has 9 heteroatoms. The molecule has 0 unspecified atom stereocenters. The lowest BCUT2D eigenvalue weighted by Gasteiger charge is -2.34. The molecule has 1 atom stereocenters. The molecule has 2 saturated heterocycles. The highest BCUT2D eigenvalue weighted by molar-refractivity contribution is 6.06. The molecule has 0 spiro atoms. The monoisotopic (exact) mass is 448 g/mol. The van der Waals surface area contributed by atoms with Crippen molar-refractivity contribution in [3.05, 3.63) is 60.0 Å². The Morgan fingerprint density at radius 1 is 1.06 bits per heavy atom. The van der Waals surface area contributed by atoms with Gasteiger partial charge in [-0.15, -0.1) is 0 Å². The van der Waals surface area contributed by atoms with Crippen molar-refractivity contribution in [1.82, 2.24) is 29.5 Å². The summed E-state index contributed by atoms with van der Waals surface area (Å²) >= 11 is 0. The number of aromatic nitrogens is 3. The van der Waals surface area contributed by atoms with E-state index in [1.807, 2.05) is 35.2 Å². The van der Waals surface area contributed by atoms with Gasteiger partial charge in [-0.05, 0) is 25.2 Å². The first-order valence-corrected chi connectivity index (χ1v) is 11.3. The summed E-state index contributed by atoms with van der Waals surface area (Å²) in [4.78, 5) is 37.0. The molecule has 0 radical (unpaired) electrons. The largest absolute Gasteiger partial charge is 0.368 e. The van der Waals surface area contributed by atoms with Gasteiger partial charge in [0.2, 0.25) is 5.91 Å². The van der Waals surface area contributed by atoms with Crippen molar-refractivity contribution in [1.29, 1.82) is 0 Å². The third-order valence-electron chi connectivity index (χ3n) is 6.36. The topological polar surface area (TPSA) is 83.8 Å². The van der Waals surface area contributed by atoms with E-state index in [2.05, 4.69) is 17.0 Å².